The molecule has 2 atom stereocenters. The lowest BCUT2D eigenvalue weighted by Crippen LogP contribution is -2.53. The van der Waals surface area contributed by atoms with Gasteiger partial charge in [-0.25, -0.2) is 10.4 Å². The van der Waals surface area contributed by atoms with Crippen molar-refractivity contribution in [3.63, 3.8) is 0 Å². The summed E-state index contributed by atoms with van der Waals surface area (Å²) in [5.41, 5.74) is 16.7. The fourth-order valence-corrected chi connectivity index (χ4v) is 5.49. The fraction of sp³-hybridized carbons (Fsp3) is 0.278. The first kappa shape index (κ1) is 34.6. The van der Waals surface area contributed by atoms with E-state index in [0.29, 0.717) is 58.4 Å². The fourth-order valence-electron chi connectivity index (χ4n) is 5.49. The Morgan fingerprint density at radius 1 is 0.939 bits per heavy atom. The molecular weight excluding hydrogens is 628 g/mol. The van der Waals surface area contributed by atoms with E-state index in [9.17, 15) is 10.3 Å². The third-order valence-electron chi connectivity index (χ3n) is 7.94. The highest BCUT2D eigenvalue weighted by molar-refractivity contribution is 6.01. The number of methoxy groups -OCH3 is 3. The van der Waals surface area contributed by atoms with Crippen LogP contribution in [0.3, 0.4) is 0 Å². The third kappa shape index (κ3) is 8.22. The topological polar surface area (TPSA) is 169 Å². The largest absolute Gasteiger partial charge is 0.497 e. The molecular formula is C36H38N6O7. The minimum atomic E-state index is -1.59. The summed E-state index contributed by atoms with van der Waals surface area (Å²) >= 11 is 0. The summed E-state index contributed by atoms with van der Waals surface area (Å²) in [6.07, 6.45) is -0.388. The monoisotopic (exact) mass is 666 g/mol. The van der Waals surface area contributed by atoms with Gasteiger partial charge < -0.3 is 28.8 Å². The van der Waals surface area contributed by atoms with Gasteiger partial charge in [0.25, 0.3) is 5.91 Å². The summed E-state index contributed by atoms with van der Waals surface area (Å²) in [5.74, 6) is 2.16. The molecule has 4 aromatic rings. The van der Waals surface area contributed by atoms with E-state index in [0.717, 1.165) is 5.56 Å². The number of aliphatic imine (C=N–C) groups is 1. The molecule has 13 heteroatoms. The molecule has 0 spiro atoms. The number of hydrogen-bond donors (Lipinski definition) is 3. The highest BCUT2D eigenvalue weighted by Crippen LogP contribution is 2.44. The molecule has 0 radical (unpaired) electrons. The molecule has 1 amide bonds. The van der Waals surface area contributed by atoms with Gasteiger partial charge in [-0.05, 0) is 70.8 Å². The Hall–Kier alpha value is -5.75. The quantitative estimate of drug-likeness (QED) is 0.0447. The van der Waals surface area contributed by atoms with Crippen LogP contribution in [0.5, 0.6) is 23.0 Å². The first-order valence-electron chi connectivity index (χ1n) is 15.6. The molecule has 0 unspecified atom stereocenters. The van der Waals surface area contributed by atoms with Crippen LogP contribution in [0.15, 0.2) is 101 Å². The molecule has 0 saturated heterocycles. The smallest absolute Gasteiger partial charge is 0.266 e. The van der Waals surface area contributed by atoms with Gasteiger partial charge in [-0.1, -0.05) is 41.5 Å². The Morgan fingerprint density at radius 2 is 1.67 bits per heavy atom. The number of hydrazine groups is 1. The lowest BCUT2D eigenvalue weighted by molar-refractivity contribution is -0.130. The molecule has 1 aliphatic heterocycles. The summed E-state index contributed by atoms with van der Waals surface area (Å²) < 4.78 is 28.6. The van der Waals surface area contributed by atoms with Crippen molar-refractivity contribution in [1.82, 2.24) is 10.9 Å². The van der Waals surface area contributed by atoms with Crippen molar-refractivity contribution in [1.29, 1.82) is 0 Å². The maximum absolute atomic E-state index is 14.6. The molecule has 13 nitrogen and oxygen atoms in total. The normalized spacial score (nSPS) is 16.5. The van der Waals surface area contributed by atoms with E-state index in [4.69, 9.17) is 33.8 Å². The molecule has 0 bridgehead atoms. The maximum atomic E-state index is 14.6. The van der Waals surface area contributed by atoms with Gasteiger partial charge >= 0.3 is 0 Å². The Morgan fingerprint density at radius 3 is 2.37 bits per heavy atom. The van der Waals surface area contributed by atoms with Gasteiger partial charge in [0.15, 0.2) is 11.6 Å². The number of amides is 1. The number of nitrogens with one attached hydrogen (secondary N) is 2. The van der Waals surface area contributed by atoms with Crippen LogP contribution < -0.4 is 29.8 Å². The van der Waals surface area contributed by atoms with E-state index < -0.39 is 17.6 Å². The van der Waals surface area contributed by atoms with Gasteiger partial charge in [0.05, 0.1) is 27.9 Å². The second-order valence-corrected chi connectivity index (χ2v) is 11.1. The van der Waals surface area contributed by atoms with Crippen LogP contribution in [-0.4, -0.2) is 57.0 Å². The van der Waals surface area contributed by atoms with E-state index in [2.05, 4.69) is 20.9 Å². The van der Waals surface area contributed by atoms with Crippen LogP contribution in [0.4, 0.5) is 5.69 Å². The molecule has 5 rings (SSSR count). The summed E-state index contributed by atoms with van der Waals surface area (Å²) in [5, 5.41) is 13.0. The number of aliphatic hydroxyl groups is 1. The number of carbonyl (C=O) groups excluding carboxylic acids is 1. The average Bonchev–Trinajstić information content (AvgIpc) is 3.53. The zero-order valence-corrected chi connectivity index (χ0v) is 27.5. The minimum absolute atomic E-state index is 0.0242. The number of rotatable bonds is 16. The molecule has 1 aliphatic rings. The molecule has 254 valence electrons. The van der Waals surface area contributed by atoms with Gasteiger partial charge in [0.2, 0.25) is 5.90 Å². The summed E-state index contributed by atoms with van der Waals surface area (Å²) in [7, 11) is 4.70. The molecule has 0 aromatic heterocycles. The second kappa shape index (κ2) is 16.4. The minimum Gasteiger partial charge on any atom is -0.497 e. The van der Waals surface area contributed by atoms with Crippen LogP contribution in [0.25, 0.3) is 10.4 Å². The number of hydrogen-bond acceptors (Lipinski definition) is 10. The van der Waals surface area contributed by atoms with Crippen LogP contribution in [0, 0.1) is 0 Å². The van der Waals surface area contributed by atoms with Gasteiger partial charge in [-0.3, -0.25) is 10.2 Å². The lowest BCUT2D eigenvalue weighted by Gasteiger charge is -2.31. The first-order chi connectivity index (χ1) is 23.9. The highest BCUT2D eigenvalue weighted by atomic mass is 16.5. The Kier molecular flexibility index (Phi) is 11.6. The third-order valence-corrected chi connectivity index (χ3v) is 7.94. The zero-order valence-electron chi connectivity index (χ0n) is 27.5. The molecule has 49 heavy (non-hydrogen) atoms. The van der Waals surface area contributed by atoms with Gasteiger partial charge in [0, 0.05) is 48.2 Å². The molecule has 0 fully saturated rings. The number of nitrogens with zero attached hydrogens (tertiary/aromatic N) is 4. The van der Waals surface area contributed by atoms with E-state index in [1.165, 1.54) is 0 Å². The van der Waals surface area contributed by atoms with E-state index >= 15 is 0 Å². The first-order valence-corrected chi connectivity index (χ1v) is 15.6. The van der Waals surface area contributed by atoms with E-state index in [1.54, 1.807) is 82.0 Å². The maximum Gasteiger partial charge on any atom is 0.266 e. The molecule has 0 aliphatic carbocycles. The summed E-state index contributed by atoms with van der Waals surface area (Å²) in [4.78, 5) is 22.6. The molecule has 3 N–H and O–H groups in total. The predicted molar refractivity (Wildman–Crippen MR) is 183 cm³/mol. The van der Waals surface area contributed by atoms with Crippen LogP contribution in [0.2, 0.25) is 0 Å². The Balaban J connectivity index is 1.56. The van der Waals surface area contributed by atoms with Crippen molar-refractivity contribution in [3.05, 3.63) is 124 Å². The van der Waals surface area contributed by atoms with Gasteiger partial charge in [-0.2, -0.15) is 0 Å². The molecule has 1 heterocycles. The standard InChI is InChI=1S/C36H38N6O7/c1-45-29-10-6-9-26(20-29)33-36(22-27-8-4-5-11-32(27)40-42-37,35(44)41-38-23-24-18-30(46-2)21-31(19-24)47-3)39-34(49-33)25-12-14-28(15-13-25)48-17-7-16-43/h4-6,8-15,18-21,33,38,43H,7,16-17,22-23H2,1-3H3,(H,41,44)/t33-,36-/m0/s1. The number of ether oxygens (including phenoxy) is 5. The van der Waals surface area contributed by atoms with Gasteiger partial charge in [-0.15, -0.1) is 0 Å². The van der Waals surface area contributed by atoms with Gasteiger partial charge in [0.1, 0.15) is 23.0 Å². The van der Waals surface area contributed by atoms with Crippen molar-refractivity contribution in [2.75, 3.05) is 34.5 Å². The zero-order chi connectivity index (χ0) is 34.6. The SMILES string of the molecule is COc1cc(CNNC(=O)[C@@]2(Cc3ccccc3N=[N+]=[N-])N=C(c3ccc(OCCCO)cc3)O[C@H]2c2cccc(OC)c2)cc(OC)c1. The summed E-state index contributed by atoms with van der Waals surface area (Å²) in [6.45, 7) is 0.641. The second-order valence-electron chi connectivity index (χ2n) is 11.1. The van der Waals surface area contributed by atoms with Crippen LogP contribution >= 0.6 is 0 Å². The van der Waals surface area contributed by atoms with Crippen LogP contribution in [-0.2, 0) is 22.5 Å². The van der Waals surface area contributed by atoms with Crippen molar-refractivity contribution < 1.29 is 33.6 Å². The lowest BCUT2D eigenvalue weighted by atomic mass is 9.81. The number of aliphatic hydroxyl groups excluding tert-OH is 1. The van der Waals surface area contributed by atoms with Crippen molar-refractivity contribution in [2.45, 2.75) is 31.0 Å². The summed E-state index contributed by atoms with van der Waals surface area (Å²) in [6, 6.07) is 26.9. The van der Waals surface area contributed by atoms with Crippen molar-refractivity contribution in [2.24, 2.45) is 10.1 Å². The molecule has 0 saturated carbocycles. The number of benzene rings is 4. The highest BCUT2D eigenvalue weighted by Gasteiger charge is 2.53. The molecule has 4 aromatic carbocycles. The van der Waals surface area contributed by atoms with Crippen LogP contribution in [0.1, 0.15) is 34.8 Å². The Bertz CT molecular complexity index is 1800. The number of carbonyl (C=O) groups is 1. The van der Waals surface area contributed by atoms with E-state index in [-0.39, 0.29) is 25.5 Å². The van der Waals surface area contributed by atoms with Crippen molar-refractivity contribution in [3.8, 4) is 23.0 Å². The van der Waals surface area contributed by atoms with E-state index in [1.807, 2.05) is 30.3 Å². The average molecular weight is 667 g/mol. The van der Waals surface area contributed by atoms with Crippen molar-refractivity contribution >= 4 is 17.5 Å². The Labute approximate surface area is 284 Å². The predicted octanol–water partition coefficient (Wildman–Crippen LogP) is 5.74. The number of azide groups is 1.